The van der Waals surface area contributed by atoms with Gasteiger partial charge in [0.05, 0.1) is 17.0 Å². The summed E-state index contributed by atoms with van der Waals surface area (Å²) in [6.45, 7) is 0.760. The van der Waals surface area contributed by atoms with Crippen LogP contribution < -0.4 is 10.2 Å². The second-order valence-electron chi connectivity index (χ2n) is 8.72. The summed E-state index contributed by atoms with van der Waals surface area (Å²) in [6.07, 6.45) is 7.96. The van der Waals surface area contributed by atoms with Crippen LogP contribution in [-0.4, -0.2) is 41.5 Å². The topological polar surface area (TPSA) is 73.9 Å². The third-order valence-electron chi connectivity index (χ3n) is 6.70. The average molecular weight is 385 g/mol. The molecule has 1 fully saturated rings. The fraction of sp³-hybridized carbons (Fsp3) is 0.348. The van der Waals surface area contributed by atoms with Gasteiger partial charge in [-0.15, -0.1) is 0 Å². The number of hydrogen-bond acceptors (Lipinski definition) is 4. The molecule has 4 heterocycles. The Morgan fingerprint density at radius 3 is 2.69 bits per heavy atom. The molecule has 146 valence electrons. The normalized spacial score (nSPS) is 17.9. The van der Waals surface area contributed by atoms with Gasteiger partial charge in [-0.05, 0) is 55.0 Å². The van der Waals surface area contributed by atoms with Crippen LogP contribution >= 0.6 is 0 Å². The lowest BCUT2D eigenvalue weighted by atomic mass is 9.86. The molecular formula is C23H23N5O. The second kappa shape index (κ2) is 5.69. The maximum Gasteiger partial charge on any atom is 0.253 e. The van der Waals surface area contributed by atoms with E-state index >= 15 is 0 Å². The molecule has 0 atom stereocenters. The molecule has 1 amide bonds. The highest BCUT2D eigenvalue weighted by molar-refractivity contribution is 6.01. The molecule has 29 heavy (non-hydrogen) atoms. The van der Waals surface area contributed by atoms with Gasteiger partial charge in [0.1, 0.15) is 5.82 Å². The Morgan fingerprint density at radius 2 is 1.97 bits per heavy atom. The predicted octanol–water partition coefficient (Wildman–Crippen LogP) is 3.08. The van der Waals surface area contributed by atoms with Crippen LogP contribution in [0.1, 0.15) is 40.0 Å². The Hall–Kier alpha value is -3.15. The van der Waals surface area contributed by atoms with E-state index in [9.17, 15) is 4.79 Å². The van der Waals surface area contributed by atoms with Gasteiger partial charge in [-0.3, -0.25) is 9.78 Å². The molecule has 2 N–H and O–H groups in total. The molecule has 3 aromatic rings. The van der Waals surface area contributed by atoms with Crippen molar-refractivity contribution in [2.45, 2.75) is 31.1 Å². The zero-order valence-corrected chi connectivity index (χ0v) is 16.7. The number of hydrogen-bond donors (Lipinski definition) is 2. The number of aromatic amines is 1. The molecule has 0 saturated heterocycles. The number of fused-ring (bicyclic) bond motifs is 6. The number of aromatic nitrogens is 3. The Bertz CT molecular complexity index is 1150. The molecule has 6 heteroatoms. The van der Waals surface area contributed by atoms with Gasteiger partial charge in [0.15, 0.2) is 0 Å². The van der Waals surface area contributed by atoms with Crippen molar-refractivity contribution < 1.29 is 4.79 Å². The molecule has 3 aliphatic rings. The highest BCUT2D eigenvalue weighted by atomic mass is 16.1. The minimum absolute atomic E-state index is 0.0798. The van der Waals surface area contributed by atoms with Crippen LogP contribution in [-0.2, 0) is 18.3 Å². The van der Waals surface area contributed by atoms with E-state index in [4.69, 9.17) is 4.98 Å². The van der Waals surface area contributed by atoms with E-state index in [0.29, 0.717) is 0 Å². The fourth-order valence-corrected chi connectivity index (χ4v) is 4.81. The summed E-state index contributed by atoms with van der Waals surface area (Å²) in [4.78, 5) is 27.6. The van der Waals surface area contributed by atoms with Crippen molar-refractivity contribution >= 4 is 11.7 Å². The van der Waals surface area contributed by atoms with E-state index < -0.39 is 0 Å². The number of carbonyl (C=O) groups is 1. The van der Waals surface area contributed by atoms with Crippen molar-refractivity contribution in [3.63, 3.8) is 0 Å². The number of anilines is 1. The number of nitrogens with zero attached hydrogens (tertiary/aromatic N) is 3. The number of carbonyl (C=O) groups excluding carboxylic acids is 1. The molecule has 0 radical (unpaired) electrons. The lowest BCUT2D eigenvalue weighted by Crippen LogP contribution is -2.39. The summed E-state index contributed by atoms with van der Waals surface area (Å²) in [5, 5.41) is 3.12. The van der Waals surface area contributed by atoms with Crippen molar-refractivity contribution in [1.82, 2.24) is 20.3 Å². The molecule has 2 aliphatic carbocycles. The van der Waals surface area contributed by atoms with E-state index in [-0.39, 0.29) is 11.3 Å². The van der Waals surface area contributed by atoms with Gasteiger partial charge >= 0.3 is 0 Å². The third-order valence-corrected chi connectivity index (χ3v) is 6.70. The predicted molar refractivity (Wildman–Crippen MR) is 112 cm³/mol. The SMILES string of the molecule is CN(C)c1ccc(-c2cc3c(cn2)CCc2c-3[nH]c3c2C(=O)NCC32CC2)cn1. The third kappa shape index (κ3) is 2.38. The molecule has 6 rings (SSSR count). The van der Waals surface area contributed by atoms with Gasteiger partial charge in [-0.25, -0.2) is 4.98 Å². The average Bonchev–Trinajstić information content (AvgIpc) is 3.40. The molecule has 0 aromatic carbocycles. The fourth-order valence-electron chi connectivity index (χ4n) is 4.81. The number of rotatable bonds is 2. The highest BCUT2D eigenvalue weighted by Gasteiger charge is 2.51. The van der Waals surface area contributed by atoms with Crippen LogP contribution in [0.25, 0.3) is 22.5 Å². The van der Waals surface area contributed by atoms with Crippen LogP contribution in [0, 0.1) is 0 Å². The van der Waals surface area contributed by atoms with E-state index in [1.54, 1.807) is 0 Å². The number of aryl methyl sites for hydroxylation is 1. The second-order valence-corrected chi connectivity index (χ2v) is 8.72. The quantitative estimate of drug-likeness (QED) is 0.711. The first kappa shape index (κ1) is 16.8. The Kier molecular flexibility index (Phi) is 3.29. The first-order valence-corrected chi connectivity index (χ1v) is 10.2. The summed E-state index contributed by atoms with van der Waals surface area (Å²) >= 11 is 0. The number of amides is 1. The molecule has 1 spiro atoms. The van der Waals surface area contributed by atoms with Gasteiger partial charge in [-0.1, -0.05) is 0 Å². The standard InChI is InChI=1S/C23H23N5O/c1-28(2)18-6-4-14(11-25-18)17-9-16-13(10-24-17)3-5-15-19-21(27-20(15)16)23(7-8-23)12-26-22(19)29/h4,6,9-11,27H,3,5,7-8,12H2,1-2H3,(H,26,29). The molecule has 1 aliphatic heterocycles. The summed E-state index contributed by atoms with van der Waals surface area (Å²) < 4.78 is 0. The van der Waals surface area contributed by atoms with Crippen molar-refractivity contribution in [1.29, 1.82) is 0 Å². The zero-order chi connectivity index (χ0) is 19.8. The van der Waals surface area contributed by atoms with Crippen LogP contribution in [0.15, 0.2) is 30.6 Å². The van der Waals surface area contributed by atoms with Crippen molar-refractivity contribution in [3.8, 4) is 22.5 Å². The minimum atomic E-state index is 0.0798. The minimum Gasteiger partial charge on any atom is -0.363 e. The van der Waals surface area contributed by atoms with E-state index in [2.05, 4.69) is 27.4 Å². The first-order valence-electron chi connectivity index (χ1n) is 10.2. The van der Waals surface area contributed by atoms with Crippen LogP contribution in [0.4, 0.5) is 5.82 Å². The van der Waals surface area contributed by atoms with Gasteiger partial charge in [-0.2, -0.15) is 0 Å². The van der Waals surface area contributed by atoms with Crippen LogP contribution in [0.3, 0.4) is 0 Å². The van der Waals surface area contributed by atoms with Crippen LogP contribution in [0.2, 0.25) is 0 Å². The zero-order valence-electron chi connectivity index (χ0n) is 16.7. The van der Waals surface area contributed by atoms with Crippen molar-refractivity contribution in [2.75, 3.05) is 25.5 Å². The van der Waals surface area contributed by atoms with E-state index in [1.165, 1.54) is 16.7 Å². The Labute approximate surface area is 169 Å². The summed E-state index contributed by atoms with van der Waals surface area (Å²) in [5.74, 6) is 1.00. The van der Waals surface area contributed by atoms with Crippen molar-refractivity contribution in [3.05, 3.63) is 53.0 Å². The molecule has 1 saturated carbocycles. The number of H-pyrrole nitrogens is 1. The molecule has 6 nitrogen and oxygen atoms in total. The molecule has 0 unspecified atom stereocenters. The van der Waals surface area contributed by atoms with Gasteiger partial charge in [0, 0.05) is 55.3 Å². The Morgan fingerprint density at radius 1 is 1.10 bits per heavy atom. The van der Waals surface area contributed by atoms with Gasteiger partial charge in [0.2, 0.25) is 0 Å². The lowest BCUT2D eigenvalue weighted by molar-refractivity contribution is 0.0936. The number of pyridine rings is 2. The maximum absolute atomic E-state index is 12.7. The number of nitrogens with one attached hydrogen (secondary N) is 2. The monoisotopic (exact) mass is 385 g/mol. The van der Waals surface area contributed by atoms with Gasteiger partial charge in [0.25, 0.3) is 5.91 Å². The maximum atomic E-state index is 12.7. The van der Waals surface area contributed by atoms with Crippen LogP contribution in [0.5, 0.6) is 0 Å². The Balaban J connectivity index is 1.47. The molecule has 3 aromatic heterocycles. The summed E-state index contributed by atoms with van der Waals surface area (Å²) in [7, 11) is 3.97. The highest BCUT2D eigenvalue weighted by Crippen LogP contribution is 2.52. The smallest absolute Gasteiger partial charge is 0.253 e. The summed E-state index contributed by atoms with van der Waals surface area (Å²) in [6, 6.07) is 6.22. The largest absolute Gasteiger partial charge is 0.363 e. The summed E-state index contributed by atoms with van der Waals surface area (Å²) in [5.41, 5.74) is 8.82. The first-order chi connectivity index (χ1) is 14.1. The lowest BCUT2D eigenvalue weighted by Gasteiger charge is -2.23. The van der Waals surface area contributed by atoms with E-state index in [1.807, 2.05) is 37.5 Å². The molecular weight excluding hydrogens is 362 g/mol. The van der Waals surface area contributed by atoms with E-state index in [0.717, 1.165) is 66.3 Å². The van der Waals surface area contributed by atoms with Crippen molar-refractivity contribution in [2.24, 2.45) is 0 Å². The van der Waals surface area contributed by atoms with Gasteiger partial charge < -0.3 is 15.2 Å². The molecule has 0 bridgehead atoms.